The third kappa shape index (κ3) is 3.58. The van der Waals surface area contributed by atoms with Crippen molar-refractivity contribution in [2.24, 2.45) is 0 Å². The molecule has 1 saturated carbocycles. The molecule has 0 bridgehead atoms. The summed E-state index contributed by atoms with van der Waals surface area (Å²) < 4.78 is 10.4. The molecule has 2 rings (SSSR count). The fourth-order valence-electron chi connectivity index (χ4n) is 2.09. The second kappa shape index (κ2) is 6.71. The minimum atomic E-state index is -0.633. The highest BCUT2D eigenvalue weighted by molar-refractivity contribution is 5.86. The lowest BCUT2D eigenvalue weighted by atomic mass is 9.96. The molecule has 104 valence electrons. The predicted octanol–water partition coefficient (Wildman–Crippen LogP) is 1.99. The number of ether oxygens (including phenoxy) is 2. The van der Waals surface area contributed by atoms with Gasteiger partial charge in [0.2, 0.25) is 0 Å². The van der Waals surface area contributed by atoms with Crippen LogP contribution in [-0.2, 0) is 14.3 Å². The Kier molecular flexibility index (Phi) is 4.72. The maximum Gasteiger partial charge on any atom is 0.344 e. The standard InChI is InChI=1S/C15H15NO4/c16-9-11-5-1-3-7-13(11)19-10-15(18)20-14-8-4-2-6-12(14)17/h1,3,5,7,14H,2,4,6,8,10H2/t14-/m1/s1. The maximum absolute atomic E-state index is 11.6. The molecule has 1 aliphatic rings. The van der Waals surface area contributed by atoms with Gasteiger partial charge < -0.3 is 9.47 Å². The topological polar surface area (TPSA) is 76.4 Å². The minimum Gasteiger partial charge on any atom is -0.481 e. The molecule has 0 aromatic heterocycles. The molecule has 5 nitrogen and oxygen atoms in total. The van der Waals surface area contributed by atoms with Gasteiger partial charge in [-0.2, -0.15) is 5.26 Å². The zero-order valence-corrected chi connectivity index (χ0v) is 11.0. The number of Topliss-reactive ketones (excluding diaryl/α,β-unsaturated/α-hetero) is 1. The number of carbonyl (C=O) groups excluding carboxylic acids is 2. The Morgan fingerprint density at radius 1 is 1.35 bits per heavy atom. The van der Waals surface area contributed by atoms with Crippen LogP contribution >= 0.6 is 0 Å². The highest BCUT2D eigenvalue weighted by atomic mass is 16.6. The molecular formula is C15H15NO4. The molecule has 0 aliphatic heterocycles. The maximum atomic E-state index is 11.6. The summed E-state index contributed by atoms with van der Waals surface area (Å²) in [5.74, 6) is -0.276. The molecule has 0 unspecified atom stereocenters. The van der Waals surface area contributed by atoms with E-state index in [1.54, 1.807) is 24.3 Å². The Morgan fingerprint density at radius 3 is 2.90 bits per heavy atom. The average Bonchev–Trinajstić information content (AvgIpc) is 2.48. The number of rotatable bonds is 4. The molecule has 1 aromatic carbocycles. The molecule has 0 N–H and O–H groups in total. The van der Waals surface area contributed by atoms with Crippen LogP contribution in [0.4, 0.5) is 0 Å². The first-order chi connectivity index (χ1) is 9.70. The van der Waals surface area contributed by atoms with Crippen LogP contribution in [-0.4, -0.2) is 24.5 Å². The highest BCUT2D eigenvalue weighted by Gasteiger charge is 2.25. The number of benzene rings is 1. The second-order valence-corrected chi connectivity index (χ2v) is 4.59. The van der Waals surface area contributed by atoms with Crippen LogP contribution in [0.15, 0.2) is 24.3 Å². The molecule has 1 aliphatic carbocycles. The van der Waals surface area contributed by atoms with Gasteiger partial charge in [-0.15, -0.1) is 0 Å². The van der Waals surface area contributed by atoms with Crippen LogP contribution < -0.4 is 4.74 Å². The van der Waals surface area contributed by atoms with E-state index < -0.39 is 12.1 Å². The van der Waals surface area contributed by atoms with Crippen LogP contribution in [0.3, 0.4) is 0 Å². The van der Waals surface area contributed by atoms with E-state index in [1.165, 1.54) is 0 Å². The fourth-order valence-corrected chi connectivity index (χ4v) is 2.09. The Balaban J connectivity index is 1.86. The van der Waals surface area contributed by atoms with Crippen LogP contribution in [0.1, 0.15) is 31.2 Å². The van der Waals surface area contributed by atoms with E-state index >= 15 is 0 Å². The van der Waals surface area contributed by atoms with Gasteiger partial charge in [0.1, 0.15) is 11.8 Å². The van der Waals surface area contributed by atoms with Crippen molar-refractivity contribution in [3.8, 4) is 11.8 Å². The van der Waals surface area contributed by atoms with E-state index in [4.69, 9.17) is 14.7 Å². The summed E-state index contributed by atoms with van der Waals surface area (Å²) in [7, 11) is 0. The molecule has 20 heavy (non-hydrogen) atoms. The van der Waals surface area contributed by atoms with E-state index in [0.29, 0.717) is 24.2 Å². The van der Waals surface area contributed by atoms with Gasteiger partial charge in [-0.1, -0.05) is 12.1 Å². The zero-order chi connectivity index (χ0) is 14.4. The molecule has 1 fully saturated rings. The number of carbonyl (C=O) groups is 2. The lowest BCUT2D eigenvalue weighted by Crippen LogP contribution is -2.32. The molecule has 0 heterocycles. The summed E-state index contributed by atoms with van der Waals surface area (Å²) >= 11 is 0. The van der Waals surface area contributed by atoms with E-state index in [1.807, 2.05) is 6.07 Å². The summed E-state index contributed by atoms with van der Waals surface area (Å²) in [6.07, 6.45) is 2.17. The first-order valence-corrected chi connectivity index (χ1v) is 6.55. The van der Waals surface area contributed by atoms with Gasteiger partial charge >= 0.3 is 5.97 Å². The van der Waals surface area contributed by atoms with Crippen LogP contribution in [0.25, 0.3) is 0 Å². The minimum absolute atomic E-state index is 0.0259. The van der Waals surface area contributed by atoms with Crippen molar-refractivity contribution in [1.29, 1.82) is 5.26 Å². The second-order valence-electron chi connectivity index (χ2n) is 4.59. The monoisotopic (exact) mass is 273 g/mol. The van der Waals surface area contributed by atoms with Gasteiger partial charge in [0.25, 0.3) is 0 Å². The molecule has 1 atom stereocenters. The van der Waals surface area contributed by atoms with Crippen LogP contribution in [0.2, 0.25) is 0 Å². The first kappa shape index (κ1) is 14.1. The summed E-state index contributed by atoms with van der Waals surface area (Å²) in [5, 5.41) is 8.89. The molecule has 0 spiro atoms. The fraction of sp³-hybridized carbons (Fsp3) is 0.400. The summed E-state index contributed by atoms with van der Waals surface area (Å²) in [6.45, 7) is -0.303. The normalized spacial score (nSPS) is 18.1. The smallest absolute Gasteiger partial charge is 0.344 e. The Labute approximate surface area is 117 Å². The van der Waals surface area contributed by atoms with Gasteiger partial charge in [-0.05, 0) is 31.4 Å². The quantitative estimate of drug-likeness (QED) is 0.784. The van der Waals surface area contributed by atoms with Gasteiger partial charge in [0.05, 0.1) is 5.56 Å². The molecule has 0 radical (unpaired) electrons. The van der Waals surface area contributed by atoms with E-state index in [0.717, 1.165) is 12.8 Å². The van der Waals surface area contributed by atoms with Crippen LogP contribution in [0, 0.1) is 11.3 Å². The number of nitriles is 1. The summed E-state index contributed by atoms with van der Waals surface area (Å²) in [6, 6.07) is 8.61. The van der Waals surface area contributed by atoms with E-state index in [2.05, 4.69) is 0 Å². The van der Waals surface area contributed by atoms with Crippen LogP contribution in [0.5, 0.6) is 5.75 Å². The SMILES string of the molecule is N#Cc1ccccc1OCC(=O)O[C@@H]1CCCCC1=O. The number of para-hydroxylation sites is 1. The number of ketones is 1. The first-order valence-electron chi connectivity index (χ1n) is 6.55. The Hall–Kier alpha value is -2.35. The molecule has 5 heteroatoms. The van der Waals surface area contributed by atoms with E-state index in [-0.39, 0.29) is 12.4 Å². The third-order valence-electron chi connectivity index (χ3n) is 3.13. The van der Waals surface area contributed by atoms with Crippen molar-refractivity contribution in [3.63, 3.8) is 0 Å². The zero-order valence-electron chi connectivity index (χ0n) is 11.0. The molecule has 0 saturated heterocycles. The van der Waals surface area contributed by atoms with E-state index in [9.17, 15) is 9.59 Å². The van der Waals surface area contributed by atoms with Gasteiger partial charge in [0, 0.05) is 6.42 Å². The van der Waals surface area contributed by atoms with Crippen molar-refractivity contribution in [2.45, 2.75) is 31.8 Å². The molecule has 1 aromatic rings. The van der Waals surface area contributed by atoms with Gasteiger partial charge in [-0.3, -0.25) is 4.79 Å². The number of hydrogen-bond donors (Lipinski definition) is 0. The Morgan fingerprint density at radius 2 is 2.15 bits per heavy atom. The number of hydrogen-bond acceptors (Lipinski definition) is 5. The van der Waals surface area contributed by atoms with Crippen molar-refractivity contribution in [1.82, 2.24) is 0 Å². The van der Waals surface area contributed by atoms with Gasteiger partial charge in [-0.25, -0.2) is 4.79 Å². The average molecular weight is 273 g/mol. The van der Waals surface area contributed by atoms with Crippen molar-refractivity contribution in [3.05, 3.63) is 29.8 Å². The van der Waals surface area contributed by atoms with Crippen molar-refractivity contribution < 1.29 is 19.1 Å². The largest absolute Gasteiger partial charge is 0.481 e. The number of esters is 1. The molecule has 0 amide bonds. The third-order valence-corrected chi connectivity index (χ3v) is 3.13. The van der Waals surface area contributed by atoms with Crippen molar-refractivity contribution in [2.75, 3.05) is 6.61 Å². The summed E-state index contributed by atoms with van der Waals surface area (Å²) in [5.41, 5.74) is 0.356. The highest BCUT2D eigenvalue weighted by Crippen LogP contribution is 2.19. The molecular weight excluding hydrogens is 258 g/mol. The Bertz CT molecular complexity index is 547. The lowest BCUT2D eigenvalue weighted by Gasteiger charge is -2.20. The predicted molar refractivity (Wildman–Crippen MR) is 70.0 cm³/mol. The van der Waals surface area contributed by atoms with Crippen molar-refractivity contribution >= 4 is 11.8 Å². The van der Waals surface area contributed by atoms with Gasteiger partial charge in [0.15, 0.2) is 18.5 Å². The lowest BCUT2D eigenvalue weighted by molar-refractivity contribution is -0.158. The number of nitrogens with zero attached hydrogens (tertiary/aromatic N) is 1. The summed E-state index contributed by atoms with van der Waals surface area (Å²) in [4.78, 5) is 23.2.